The van der Waals surface area contributed by atoms with Gasteiger partial charge >= 0.3 is 5.97 Å². The smallest absolute Gasteiger partial charge is 0.322 e. The lowest BCUT2D eigenvalue weighted by atomic mass is 10.4. The van der Waals surface area contributed by atoms with Crippen LogP contribution in [0.5, 0.6) is 0 Å². The Balaban J connectivity index is 0.000001000. The van der Waals surface area contributed by atoms with Crippen LogP contribution in [0.15, 0.2) is 0 Å². The highest BCUT2D eigenvalue weighted by molar-refractivity contribution is 5.65. The van der Waals surface area contributed by atoms with Crippen molar-refractivity contribution < 1.29 is 15.1 Å². The van der Waals surface area contributed by atoms with Crippen LogP contribution in [0.3, 0.4) is 0 Å². The molecule has 1 aliphatic rings. The molecule has 66 valence electrons. The second-order valence-corrected chi connectivity index (χ2v) is 2.26. The van der Waals surface area contributed by atoms with Gasteiger partial charge in [-0.15, -0.1) is 5.06 Å². The predicted molar refractivity (Wildman–Crippen MR) is 39.8 cm³/mol. The summed E-state index contributed by atoms with van der Waals surface area (Å²) in [6.07, 6.45) is 0. The number of nitrogens with one attached hydrogen (secondary N) is 1. The fourth-order valence-electron chi connectivity index (χ4n) is 0.917. The molecular weight excluding hydrogens is 148 g/mol. The molecule has 5 heteroatoms. The zero-order chi connectivity index (χ0) is 7.40. The predicted octanol–water partition coefficient (Wildman–Crippen LogP) is -1.45. The zero-order valence-corrected chi connectivity index (χ0v) is 6.59. The van der Waals surface area contributed by atoms with E-state index in [2.05, 4.69) is 5.32 Å². The SMILES string of the molecule is CC(=O)ON1CCNCC1.O. The minimum absolute atomic E-state index is 0. The van der Waals surface area contributed by atoms with Crippen molar-refractivity contribution in [3.63, 3.8) is 0 Å². The summed E-state index contributed by atoms with van der Waals surface area (Å²) in [5.41, 5.74) is 0. The highest BCUT2D eigenvalue weighted by atomic mass is 16.7. The van der Waals surface area contributed by atoms with Crippen LogP contribution >= 0.6 is 0 Å². The van der Waals surface area contributed by atoms with Crippen LogP contribution in [-0.2, 0) is 9.63 Å². The third-order valence-corrected chi connectivity index (χ3v) is 1.33. The first-order valence-electron chi connectivity index (χ1n) is 3.43. The van der Waals surface area contributed by atoms with E-state index in [1.54, 1.807) is 5.06 Å². The Morgan fingerprint density at radius 1 is 1.45 bits per heavy atom. The van der Waals surface area contributed by atoms with Crippen LogP contribution in [0.2, 0.25) is 0 Å². The minimum Gasteiger partial charge on any atom is -0.412 e. The lowest BCUT2D eigenvalue weighted by Crippen LogP contribution is -2.43. The van der Waals surface area contributed by atoms with Gasteiger partial charge in [0.25, 0.3) is 0 Å². The fraction of sp³-hybridized carbons (Fsp3) is 0.833. The molecule has 0 atom stereocenters. The number of piperazine rings is 1. The molecule has 0 aromatic heterocycles. The number of hydroxylamine groups is 2. The number of rotatable bonds is 1. The van der Waals surface area contributed by atoms with Crippen molar-refractivity contribution in [2.45, 2.75) is 6.92 Å². The molecule has 0 spiro atoms. The van der Waals surface area contributed by atoms with Crippen LogP contribution < -0.4 is 5.32 Å². The third-order valence-electron chi connectivity index (χ3n) is 1.33. The lowest BCUT2D eigenvalue weighted by molar-refractivity contribution is -0.189. The molecule has 0 radical (unpaired) electrons. The van der Waals surface area contributed by atoms with Crippen LogP contribution in [0, 0.1) is 0 Å². The summed E-state index contributed by atoms with van der Waals surface area (Å²) in [7, 11) is 0. The van der Waals surface area contributed by atoms with E-state index in [0.29, 0.717) is 0 Å². The molecule has 0 amide bonds. The molecule has 11 heavy (non-hydrogen) atoms. The van der Waals surface area contributed by atoms with Gasteiger partial charge in [-0.1, -0.05) is 0 Å². The summed E-state index contributed by atoms with van der Waals surface area (Å²) < 4.78 is 0. The molecule has 0 aliphatic carbocycles. The molecular formula is C6H14N2O3. The molecule has 1 heterocycles. The van der Waals surface area contributed by atoms with Crippen molar-refractivity contribution in [2.24, 2.45) is 0 Å². The lowest BCUT2D eigenvalue weighted by Gasteiger charge is -2.24. The normalized spacial score (nSPS) is 18.6. The average molecular weight is 162 g/mol. The number of hydrogen-bond donors (Lipinski definition) is 1. The van der Waals surface area contributed by atoms with Gasteiger partial charge < -0.3 is 15.6 Å². The van der Waals surface area contributed by atoms with Gasteiger partial charge in [0, 0.05) is 33.1 Å². The first-order chi connectivity index (χ1) is 4.79. The summed E-state index contributed by atoms with van der Waals surface area (Å²) in [4.78, 5) is 15.3. The van der Waals surface area contributed by atoms with Gasteiger partial charge in [-0.05, 0) is 0 Å². The van der Waals surface area contributed by atoms with Crippen molar-refractivity contribution in [2.75, 3.05) is 26.2 Å². The maximum Gasteiger partial charge on any atom is 0.322 e. The van der Waals surface area contributed by atoms with Crippen molar-refractivity contribution in [3.05, 3.63) is 0 Å². The van der Waals surface area contributed by atoms with Gasteiger partial charge in [-0.2, -0.15) is 0 Å². The molecule has 0 bridgehead atoms. The highest BCUT2D eigenvalue weighted by Crippen LogP contribution is 1.92. The van der Waals surface area contributed by atoms with Crippen molar-refractivity contribution >= 4 is 5.97 Å². The van der Waals surface area contributed by atoms with Crippen LogP contribution in [0.4, 0.5) is 0 Å². The number of hydrogen-bond acceptors (Lipinski definition) is 4. The van der Waals surface area contributed by atoms with E-state index in [-0.39, 0.29) is 11.4 Å². The number of carbonyl (C=O) groups is 1. The summed E-state index contributed by atoms with van der Waals surface area (Å²) in [5.74, 6) is -0.234. The molecule has 3 N–H and O–H groups in total. The van der Waals surface area contributed by atoms with Gasteiger partial charge in [-0.3, -0.25) is 4.79 Å². The maximum absolute atomic E-state index is 10.4. The molecule has 1 rings (SSSR count). The van der Waals surface area contributed by atoms with Crippen molar-refractivity contribution in [1.82, 2.24) is 10.4 Å². The molecule has 0 saturated carbocycles. The zero-order valence-electron chi connectivity index (χ0n) is 6.59. The highest BCUT2D eigenvalue weighted by Gasteiger charge is 2.11. The van der Waals surface area contributed by atoms with Crippen LogP contribution in [0.25, 0.3) is 0 Å². The monoisotopic (exact) mass is 162 g/mol. The Bertz CT molecular complexity index is 123. The minimum atomic E-state index is -0.234. The largest absolute Gasteiger partial charge is 0.412 e. The van der Waals surface area contributed by atoms with E-state index in [4.69, 9.17) is 4.84 Å². The molecule has 0 aromatic carbocycles. The Labute approximate surface area is 65.6 Å². The fourth-order valence-corrected chi connectivity index (χ4v) is 0.917. The first-order valence-corrected chi connectivity index (χ1v) is 3.43. The number of nitrogens with zero attached hydrogens (tertiary/aromatic N) is 1. The summed E-state index contributed by atoms with van der Waals surface area (Å²) >= 11 is 0. The molecule has 1 aliphatic heterocycles. The van der Waals surface area contributed by atoms with Crippen molar-refractivity contribution in [1.29, 1.82) is 0 Å². The first kappa shape index (κ1) is 10.3. The van der Waals surface area contributed by atoms with E-state index in [1.807, 2.05) is 0 Å². The van der Waals surface area contributed by atoms with Gasteiger partial charge in [0.15, 0.2) is 0 Å². The van der Waals surface area contributed by atoms with Crippen LogP contribution in [0.1, 0.15) is 6.92 Å². The second kappa shape index (κ2) is 5.06. The van der Waals surface area contributed by atoms with E-state index >= 15 is 0 Å². The van der Waals surface area contributed by atoms with E-state index in [9.17, 15) is 4.79 Å². The Hall–Kier alpha value is -0.650. The molecule has 5 nitrogen and oxygen atoms in total. The number of carbonyl (C=O) groups excluding carboxylic acids is 1. The van der Waals surface area contributed by atoms with Gasteiger partial charge in [0.1, 0.15) is 0 Å². The molecule has 0 aromatic rings. The maximum atomic E-state index is 10.4. The Kier molecular flexibility index (Phi) is 4.76. The standard InChI is InChI=1S/C6H12N2O2.H2O/c1-6(9)10-8-4-2-7-3-5-8;/h7H,2-5H2,1H3;1H2. The van der Waals surface area contributed by atoms with Crippen molar-refractivity contribution in [3.8, 4) is 0 Å². The van der Waals surface area contributed by atoms with E-state index in [0.717, 1.165) is 26.2 Å². The van der Waals surface area contributed by atoms with E-state index < -0.39 is 0 Å². The topological polar surface area (TPSA) is 73.1 Å². The van der Waals surface area contributed by atoms with Crippen LogP contribution in [-0.4, -0.2) is 42.7 Å². The summed E-state index contributed by atoms with van der Waals surface area (Å²) in [5, 5.41) is 4.83. The summed E-state index contributed by atoms with van der Waals surface area (Å²) in [6, 6.07) is 0. The quantitative estimate of drug-likeness (QED) is 0.511. The van der Waals surface area contributed by atoms with Gasteiger partial charge in [0.2, 0.25) is 0 Å². The third kappa shape index (κ3) is 3.92. The Morgan fingerprint density at radius 2 is 2.00 bits per heavy atom. The molecule has 1 fully saturated rings. The average Bonchev–Trinajstić information content (AvgIpc) is 1.88. The van der Waals surface area contributed by atoms with E-state index in [1.165, 1.54) is 6.92 Å². The van der Waals surface area contributed by atoms with Gasteiger partial charge in [0.05, 0.1) is 0 Å². The summed E-state index contributed by atoms with van der Waals surface area (Å²) in [6.45, 7) is 4.79. The molecule has 1 saturated heterocycles. The second-order valence-electron chi connectivity index (χ2n) is 2.26. The van der Waals surface area contributed by atoms with Gasteiger partial charge in [-0.25, -0.2) is 0 Å². The molecule has 0 unspecified atom stereocenters. The Morgan fingerprint density at radius 3 is 2.45 bits per heavy atom.